The van der Waals surface area contributed by atoms with Crippen LogP contribution in [-0.2, 0) is 14.6 Å². The molecule has 1 fully saturated rings. The number of sulfone groups is 1. The number of nitrogens with one attached hydrogen (secondary N) is 1. The Kier molecular flexibility index (Phi) is 4.96. The SMILES string of the molecule is O=C(Nc1ccc(I)cc1)C1(S(=O)(=O)c2ccccc2)CCCC1. The summed E-state index contributed by atoms with van der Waals surface area (Å²) in [6, 6.07) is 15.6. The van der Waals surface area contributed by atoms with Crippen LogP contribution in [0.4, 0.5) is 5.69 Å². The van der Waals surface area contributed by atoms with Crippen LogP contribution >= 0.6 is 22.6 Å². The number of carbonyl (C=O) groups excluding carboxylic acids is 1. The molecule has 6 heteroatoms. The van der Waals surface area contributed by atoms with Gasteiger partial charge in [0.05, 0.1) is 4.90 Å². The van der Waals surface area contributed by atoms with Crippen molar-refractivity contribution in [2.45, 2.75) is 35.3 Å². The van der Waals surface area contributed by atoms with Crippen molar-refractivity contribution in [3.8, 4) is 0 Å². The van der Waals surface area contributed by atoms with Crippen LogP contribution in [0.2, 0.25) is 0 Å². The van der Waals surface area contributed by atoms with E-state index in [9.17, 15) is 13.2 Å². The Balaban J connectivity index is 1.96. The zero-order valence-electron chi connectivity index (χ0n) is 13.0. The fourth-order valence-electron chi connectivity index (χ4n) is 3.17. The summed E-state index contributed by atoms with van der Waals surface area (Å²) in [7, 11) is -3.74. The van der Waals surface area contributed by atoms with E-state index in [0.717, 1.165) is 16.4 Å². The summed E-state index contributed by atoms with van der Waals surface area (Å²) in [5.41, 5.74) is 0.620. The molecule has 0 bridgehead atoms. The maximum atomic E-state index is 13.2. The van der Waals surface area contributed by atoms with Crippen LogP contribution in [0.5, 0.6) is 0 Å². The maximum Gasteiger partial charge on any atom is 0.246 e. The Bertz CT molecular complexity index is 826. The minimum absolute atomic E-state index is 0.213. The lowest BCUT2D eigenvalue weighted by atomic mass is 10.1. The Labute approximate surface area is 155 Å². The number of hydrogen-bond acceptors (Lipinski definition) is 3. The molecule has 1 amide bonds. The van der Waals surface area contributed by atoms with Crippen molar-refractivity contribution < 1.29 is 13.2 Å². The first-order valence-corrected chi connectivity index (χ1v) is 10.4. The molecule has 1 aliphatic carbocycles. The average molecular weight is 455 g/mol. The molecule has 1 N–H and O–H groups in total. The van der Waals surface area contributed by atoms with E-state index in [1.165, 1.54) is 0 Å². The Morgan fingerprint density at radius 1 is 0.958 bits per heavy atom. The summed E-state index contributed by atoms with van der Waals surface area (Å²) in [4.78, 5) is 13.2. The van der Waals surface area contributed by atoms with Gasteiger partial charge in [0.25, 0.3) is 0 Å². The third-order valence-electron chi connectivity index (χ3n) is 4.50. The second kappa shape index (κ2) is 6.84. The van der Waals surface area contributed by atoms with Crippen LogP contribution in [-0.4, -0.2) is 19.1 Å². The molecule has 2 aromatic rings. The van der Waals surface area contributed by atoms with Gasteiger partial charge in [0.2, 0.25) is 5.91 Å². The molecule has 0 aliphatic heterocycles. The molecule has 126 valence electrons. The molecular weight excluding hydrogens is 437 g/mol. The predicted octanol–water partition coefficient (Wildman–Crippen LogP) is 4.02. The van der Waals surface area contributed by atoms with E-state index in [4.69, 9.17) is 0 Å². The lowest BCUT2D eigenvalue weighted by Gasteiger charge is -2.27. The van der Waals surface area contributed by atoms with Crippen molar-refractivity contribution in [1.29, 1.82) is 0 Å². The highest BCUT2D eigenvalue weighted by molar-refractivity contribution is 14.1. The van der Waals surface area contributed by atoms with E-state index in [2.05, 4.69) is 27.9 Å². The Morgan fingerprint density at radius 2 is 1.54 bits per heavy atom. The summed E-state index contributed by atoms with van der Waals surface area (Å²) >= 11 is 2.18. The van der Waals surface area contributed by atoms with Gasteiger partial charge in [-0.3, -0.25) is 4.79 Å². The van der Waals surface area contributed by atoms with Crippen molar-refractivity contribution in [2.24, 2.45) is 0 Å². The van der Waals surface area contributed by atoms with Crippen molar-refractivity contribution in [1.82, 2.24) is 0 Å². The monoisotopic (exact) mass is 455 g/mol. The van der Waals surface area contributed by atoms with E-state index >= 15 is 0 Å². The van der Waals surface area contributed by atoms with E-state index in [1.807, 2.05) is 12.1 Å². The van der Waals surface area contributed by atoms with Crippen molar-refractivity contribution in [3.63, 3.8) is 0 Å². The highest BCUT2D eigenvalue weighted by Crippen LogP contribution is 2.41. The molecule has 24 heavy (non-hydrogen) atoms. The van der Waals surface area contributed by atoms with Crippen molar-refractivity contribution in [2.75, 3.05) is 5.32 Å². The van der Waals surface area contributed by atoms with Gasteiger partial charge >= 0.3 is 0 Å². The molecule has 0 aromatic heterocycles. The number of halogens is 1. The Hall–Kier alpha value is -1.41. The summed E-state index contributed by atoms with van der Waals surface area (Å²) in [6.45, 7) is 0. The molecule has 0 radical (unpaired) electrons. The molecule has 1 saturated carbocycles. The van der Waals surface area contributed by atoms with E-state index in [-0.39, 0.29) is 4.90 Å². The molecule has 0 atom stereocenters. The largest absolute Gasteiger partial charge is 0.325 e. The number of rotatable bonds is 4. The molecular formula is C18H18INO3S. The van der Waals surface area contributed by atoms with Crippen LogP contribution < -0.4 is 5.32 Å². The van der Waals surface area contributed by atoms with Gasteiger partial charge < -0.3 is 5.32 Å². The van der Waals surface area contributed by atoms with E-state index < -0.39 is 20.5 Å². The van der Waals surface area contributed by atoms with Crippen molar-refractivity contribution in [3.05, 3.63) is 58.2 Å². The molecule has 0 heterocycles. The third kappa shape index (κ3) is 3.09. The van der Waals surface area contributed by atoms with Crippen LogP contribution in [0.3, 0.4) is 0 Å². The van der Waals surface area contributed by atoms with Gasteiger partial charge in [-0.2, -0.15) is 0 Å². The number of amides is 1. The van der Waals surface area contributed by atoms with Crippen LogP contribution in [0, 0.1) is 3.57 Å². The second-order valence-corrected chi connectivity index (χ2v) is 9.48. The van der Waals surface area contributed by atoms with E-state index in [1.54, 1.807) is 42.5 Å². The fraction of sp³-hybridized carbons (Fsp3) is 0.278. The number of hydrogen-bond donors (Lipinski definition) is 1. The second-order valence-electron chi connectivity index (χ2n) is 5.98. The minimum atomic E-state index is -3.74. The summed E-state index contributed by atoms with van der Waals surface area (Å²) in [5.74, 6) is -0.426. The van der Waals surface area contributed by atoms with E-state index in [0.29, 0.717) is 18.5 Å². The smallest absolute Gasteiger partial charge is 0.246 e. The molecule has 4 nitrogen and oxygen atoms in total. The quantitative estimate of drug-likeness (QED) is 0.709. The predicted molar refractivity (Wildman–Crippen MR) is 103 cm³/mol. The summed E-state index contributed by atoms with van der Waals surface area (Å²) < 4.78 is 26.0. The average Bonchev–Trinajstić information content (AvgIpc) is 3.09. The van der Waals surface area contributed by atoms with Crippen LogP contribution in [0.25, 0.3) is 0 Å². The lowest BCUT2D eigenvalue weighted by molar-refractivity contribution is -0.118. The number of anilines is 1. The third-order valence-corrected chi connectivity index (χ3v) is 7.73. The maximum absolute atomic E-state index is 13.2. The van der Waals surface area contributed by atoms with Gasteiger partial charge in [0.1, 0.15) is 0 Å². The molecule has 0 saturated heterocycles. The van der Waals surface area contributed by atoms with Gasteiger partial charge in [0, 0.05) is 9.26 Å². The molecule has 3 rings (SSSR count). The normalized spacial score (nSPS) is 16.7. The van der Waals surface area contributed by atoms with Gasteiger partial charge in [-0.15, -0.1) is 0 Å². The van der Waals surface area contributed by atoms with Crippen LogP contribution in [0.1, 0.15) is 25.7 Å². The zero-order chi connectivity index (χ0) is 17.2. The molecule has 2 aromatic carbocycles. The van der Waals surface area contributed by atoms with Gasteiger partial charge in [0.15, 0.2) is 14.6 Å². The van der Waals surface area contributed by atoms with Crippen molar-refractivity contribution >= 4 is 44.0 Å². The first-order valence-electron chi connectivity index (χ1n) is 7.82. The van der Waals surface area contributed by atoms with Gasteiger partial charge in [-0.05, 0) is 71.8 Å². The fourth-order valence-corrected chi connectivity index (χ4v) is 5.61. The number of carbonyl (C=O) groups is 1. The first-order chi connectivity index (χ1) is 11.5. The van der Waals surface area contributed by atoms with Gasteiger partial charge in [-0.25, -0.2) is 8.42 Å². The highest BCUT2D eigenvalue weighted by atomic mass is 127. The van der Waals surface area contributed by atoms with Crippen LogP contribution in [0.15, 0.2) is 59.5 Å². The van der Waals surface area contributed by atoms with Gasteiger partial charge in [-0.1, -0.05) is 31.0 Å². The highest BCUT2D eigenvalue weighted by Gasteiger charge is 2.52. The molecule has 0 unspecified atom stereocenters. The lowest BCUT2D eigenvalue weighted by Crippen LogP contribution is -2.47. The summed E-state index contributed by atoms with van der Waals surface area (Å²) in [5, 5.41) is 2.81. The Morgan fingerprint density at radius 3 is 2.12 bits per heavy atom. The minimum Gasteiger partial charge on any atom is -0.325 e. The first kappa shape index (κ1) is 17.4. The zero-order valence-corrected chi connectivity index (χ0v) is 16.0. The molecule has 0 spiro atoms. The standard InChI is InChI=1S/C18H18INO3S/c19-14-8-10-15(11-9-14)20-17(21)18(12-4-5-13-18)24(22,23)16-6-2-1-3-7-16/h1-3,6-11H,4-5,12-13H2,(H,20,21). The number of benzene rings is 2. The summed E-state index contributed by atoms with van der Waals surface area (Å²) in [6.07, 6.45) is 2.21. The molecule has 1 aliphatic rings. The topological polar surface area (TPSA) is 63.2 Å².